The highest BCUT2D eigenvalue weighted by Gasteiger charge is 2.30. The first-order chi connectivity index (χ1) is 17.2. The van der Waals surface area contributed by atoms with Crippen LogP contribution in [0.1, 0.15) is 22.4 Å². The lowest BCUT2D eigenvalue weighted by Gasteiger charge is -2.08. The van der Waals surface area contributed by atoms with Crippen molar-refractivity contribution in [3.63, 3.8) is 0 Å². The molecule has 0 bridgehead atoms. The lowest BCUT2D eigenvalue weighted by molar-refractivity contribution is -0.137. The van der Waals surface area contributed by atoms with Gasteiger partial charge in [0, 0.05) is 22.9 Å². The second-order valence-electron chi connectivity index (χ2n) is 7.62. The molecule has 2 aromatic heterocycles. The molecule has 2 aromatic carbocycles. The second-order valence-corrected chi connectivity index (χ2v) is 8.87. The summed E-state index contributed by atoms with van der Waals surface area (Å²) < 4.78 is 52.2. The number of aryl methyl sites for hydroxylation is 2. The topological polar surface area (TPSA) is 70.8 Å². The van der Waals surface area contributed by atoms with E-state index in [0.717, 1.165) is 27.1 Å². The number of hydrogen-bond acceptors (Lipinski definition) is 6. The Hall–Kier alpha value is -3.61. The first-order valence-electron chi connectivity index (χ1n) is 10.6. The summed E-state index contributed by atoms with van der Waals surface area (Å²) in [6.07, 6.45) is -2.16. The van der Waals surface area contributed by atoms with Gasteiger partial charge in [-0.2, -0.15) is 18.3 Å². The zero-order valence-corrected chi connectivity index (χ0v) is 21.3. The van der Waals surface area contributed by atoms with Crippen LogP contribution in [0.4, 0.5) is 13.2 Å². The molecule has 0 aliphatic rings. The molecule has 0 saturated carbocycles. The third-order valence-electron chi connectivity index (χ3n) is 4.94. The van der Waals surface area contributed by atoms with Crippen molar-refractivity contribution < 1.29 is 27.5 Å². The van der Waals surface area contributed by atoms with E-state index >= 15 is 0 Å². The number of oxime groups is 1. The number of ether oxygens (including phenoxy) is 2. The predicted molar refractivity (Wildman–Crippen MR) is 135 cm³/mol. The van der Waals surface area contributed by atoms with Crippen LogP contribution in [0.3, 0.4) is 0 Å². The van der Waals surface area contributed by atoms with Gasteiger partial charge < -0.3 is 14.3 Å². The van der Waals surface area contributed by atoms with Crippen LogP contribution in [-0.2, 0) is 24.7 Å². The molecule has 0 N–H and O–H groups in total. The van der Waals surface area contributed by atoms with Crippen LogP contribution in [0.2, 0.25) is 0 Å². The molecule has 0 aliphatic heterocycles. The van der Waals surface area contributed by atoms with Crippen molar-refractivity contribution in [1.82, 2.24) is 14.8 Å². The minimum Gasteiger partial charge on any atom is -0.439 e. The minimum atomic E-state index is -4.44. The number of hydrogen-bond donors (Lipinski definition) is 0. The molecule has 0 aliphatic carbocycles. The molecule has 11 heteroatoms. The lowest BCUT2D eigenvalue weighted by atomic mass is 10.2. The average molecular weight is 608 g/mol. The number of rotatable bonds is 8. The Bertz CT molecular complexity index is 1340. The van der Waals surface area contributed by atoms with Gasteiger partial charge in [-0.25, -0.2) is 9.67 Å². The summed E-state index contributed by atoms with van der Waals surface area (Å²) in [5, 5.41) is 8.44. The minimum absolute atomic E-state index is 0.0618. The Labute approximate surface area is 218 Å². The van der Waals surface area contributed by atoms with Gasteiger partial charge in [-0.05, 0) is 77.5 Å². The van der Waals surface area contributed by atoms with E-state index in [0.29, 0.717) is 22.9 Å². The number of alkyl halides is 3. The van der Waals surface area contributed by atoms with Gasteiger partial charge in [0.25, 0.3) is 0 Å². The maximum Gasteiger partial charge on any atom is 0.417 e. The SMILES string of the molecule is Cc1nn(C)c(Oc2ccc(I)cc2)c1/C=N/OCc1ccc(Oc2ccc(C(F)(F)F)cn2)cc1. The summed E-state index contributed by atoms with van der Waals surface area (Å²) in [6, 6.07) is 16.6. The molecular weight excluding hydrogens is 588 g/mol. The van der Waals surface area contributed by atoms with Crippen molar-refractivity contribution in [2.45, 2.75) is 19.7 Å². The van der Waals surface area contributed by atoms with Gasteiger partial charge in [0.2, 0.25) is 11.8 Å². The molecule has 0 saturated heterocycles. The Morgan fingerprint density at radius 1 is 0.972 bits per heavy atom. The van der Waals surface area contributed by atoms with Crippen LogP contribution in [0.15, 0.2) is 72.0 Å². The quantitative estimate of drug-likeness (QED) is 0.124. The normalized spacial score (nSPS) is 11.6. The predicted octanol–water partition coefficient (Wildman–Crippen LogP) is 6.88. The highest BCUT2D eigenvalue weighted by atomic mass is 127. The highest BCUT2D eigenvalue weighted by Crippen LogP contribution is 2.30. The molecule has 4 aromatic rings. The molecule has 0 fully saturated rings. The molecule has 36 heavy (non-hydrogen) atoms. The molecule has 186 valence electrons. The Kier molecular flexibility index (Phi) is 7.77. The summed E-state index contributed by atoms with van der Waals surface area (Å²) in [5.74, 6) is 1.71. The van der Waals surface area contributed by atoms with Crippen LogP contribution in [0.25, 0.3) is 0 Å². The largest absolute Gasteiger partial charge is 0.439 e. The first-order valence-corrected chi connectivity index (χ1v) is 11.7. The molecule has 4 rings (SSSR count). The van der Waals surface area contributed by atoms with Crippen molar-refractivity contribution in [1.29, 1.82) is 0 Å². The van der Waals surface area contributed by atoms with Crippen LogP contribution >= 0.6 is 22.6 Å². The third kappa shape index (κ3) is 6.53. The van der Waals surface area contributed by atoms with Gasteiger partial charge in [0.15, 0.2) is 0 Å². The van der Waals surface area contributed by atoms with Crippen molar-refractivity contribution >= 4 is 28.8 Å². The fourth-order valence-electron chi connectivity index (χ4n) is 3.12. The van der Waals surface area contributed by atoms with Crippen molar-refractivity contribution in [3.05, 3.63) is 92.8 Å². The third-order valence-corrected chi connectivity index (χ3v) is 5.66. The Balaban J connectivity index is 1.34. The van der Waals surface area contributed by atoms with Crippen LogP contribution in [0, 0.1) is 10.5 Å². The maximum atomic E-state index is 12.6. The van der Waals surface area contributed by atoms with Crippen molar-refractivity contribution in [2.75, 3.05) is 0 Å². The number of pyridine rings is 1. The van der Waals surface area contributed by atoms with Gasteiger partial charge in [-0.3, -0.25) is 0 Å². The summed E-state index contributed by atoms with van der Waals surface area (Å²) in [4.78, 5) is 9.12. The lowest BCUT2D eigenvalue weighted by Crippen LogP contribution is -2.05. The van der Waals surface area contributed by atoms with Gasteiger partial charge in [0.1, 0.15) is 18.1 Å². The summed E-state index contributed by atoms with van der Waals surface area (Å²) >= 11 is 2.23. The van der Waals surface area contributed by atoms with Gasteiger partial charge >= 0.3 is 6.18 Å². The summed E-state index contributed by atoms with van der Waals surface area (Å²) in [7, 11) is 1.79. The fraction of sp³-hybridized carbons (Fsp3) is 0.160. The van der Waals surface area contributed by atoms with Crippen LogP contribution in [-0.4, -0.2) is 21.0 Å². The smallest absolute Gasteiger partial charge is 0.417 e. The van der Waals surface area contributed by atoms with Gasteiger partial charge in [-0.15, -0.1) is 0 Å². The van der Waals surface area contributed by atoms with E-state index < -0.39 is 11.7 Å². The summed E-state index contributed by atoms with van der Waals surface area (Å²) in [5.41, 5.74) is 1.42. The molecule has 0 unspecified atom stereocenters. The molecule has 7 nitrogen and oxygen atoms in total. The van der Waals surface area contributed by atoms with Gasteiger partial charge in [-0.1, -0.05) is 17.3 Å². The van der Waals surface area contributed by atoms with E-state index in [1.165, 1.54) is 6.07 Å². The van der Waals surface area contributed by atoms with E-state index in [4.69, 9.17) is 14.3 Å². The zero-order chi connectivity index (χ0) is 25.7. The number of benzene rings is 2. The molecule has 2 heterocycles. The zero-order valence-electron chi connectivity index (χ0n) is 19.2. The van der Waals surface area contributed by atoms with E-state index in [1.54, 1.807) is 42.2 Å². The van der Waals surface area contributed by atoms with E-state index in [2.05, 4.69) is 37.8 Å². The molecule has 0 amide bonds. The van der Waals surface area contributed by atoms with Crippen LogP contribution in [0.5, 0.6) is 23.3 Å². The fourth-order valence-corrected chi connectivity index (χ4v) is 3.48. The van der Waals surface area contributed by atoms with E-state index in [9.17, 15) is 13.2 Å². The highest BCUT2D eigenvalue weighted by molar-refractivity contribution is 14.1. The molecule has 0 spiro atoms. The van der Waals surface area contributed by atoms with E-state index in [1.807, 2.05) is 31.2 Å². The average Bonchev–Trinajstić information content (AvgIpc) is 3.11. The van der Waals surface area contributed by atoms with E-state index in [-0.39, 0.29) is 12.5 Å². The van der Waals surface area contributed by atoms with Crippen molar-refractivity contribution in [3.8, 4) is 23.3 Å². The van der Waals surface area contributed by atoms with Gasteiger partial charge in [0.05, 0.1) is 23.0 Å². The number of aromatic nitrogens is 3. The monoisotopic (exact) mass is 608 g/mol. The second kappa shape index (κ2) is 11.0. The number of nitrogens with zero attached hydrogens (tertiary/aromatic N) is 4. The summed E-state index contributed by atoms with van der Waals surface area (Å²) in [6.45, 7) is 2.05. The maximum absolute atomic E-state index is 12.6. The van der Waals surface area contributed by atoms with Crippen LogP contribution < -0.4 is 9.47 Å². The standard InChI is InChI=1S/C25H20F3IN4O3/c1-16-22(24(33(2)32-16)36-21-10-6-19(29)7-11-21)14-31-34-15-17-3-8-20(9-4-17)35-23-12-5-18(13-30-23)25(26,27)28/h3-14H,15H2,1-2H3/b31-14+. The molecular formula is C25H20F3IN4O3. The Morgan fingerprint density at radius 2 is 1.64 bits per heavy atom. The first kappa shape index (κ1) is 25.5. The molecule has 0 radical (unpaired) electrons. The Morgan fingerprint density at radius 3 is 2.28 bits per heavy atom. The molecule has 0 atom stereocenters. The number of halogens is 4. The van der Waals surface area contributed by atoms with Crippen molar-refractivity contribution in [2.24, 2.45) is 12.2 Å².